The van der Waals surface area contributed by atoms with Crippen LogP contribution in [0.2, 0.25) is 0 Å². The first-order valence-electron chi connectivity index (χ1n) is 5.04. The second-order valence-electron chi connectivity index (χ2n) is 3.43. The smallest absolute Gasteiger partial charge is 0.226 e. The highest BCUT2D eigenvalue weighted by Gasteiger charge is 2.15. The molecule has 0 fully saturated rings. The lowest BCUT2D eigenvalue weighted by Gasteiger charge is -2.06. The minimum absolute atomic E-state index is 0.336. The molecule has 2 aromatic rings. The molecule has 1 heterocycles. The highest BCUT2D eigenvalue weighted by molar-refractivity contribution is 9.10. The largest absolute Gasteiger partial charge is 0.339 e. The van der Waals surface area contributed by atoms with E-state index in [2.05, 4.69) is 26.1 Å². The van der Waals surface area contributed by atoms with Gasteiger partial charge in [-0.05, 0) is 17.7 Å². The van der Waals surface area contributed by atoms with Gasteiger partial charge in [-0.2, -0.15) is 4.98 Å². The number of hydrogen-bond donors (Lipinski definition) is 1. The van der Waals surface area contributed by atoms with E-state index in [0.29, 0.717) is 11.7 Å². The number of nitrogens with two attached hydrogens (primary N) is 1. The Morgan fingerprint density at radius 1 is 1.38 bits per heavy atom. The molecule has 1 aromatic carbocycles. The van der Waals surface area contributed by atoms with Crippen molar-refractivity contribution in [2.24, 2.45) is 5.73 Å². The lowest BCUT2D eigenvalue weighted by atomic mass is 10.1. The minimum atomic E-state index is -0.336. The molecule has 1 atom stereocenters. The van der Waals surface area contributed by atoms with Crippen molar-refractivity contribution < 1.29 is 4.52 Å². The molecule has 0 aliphatic carbocycles. The van der Waals surface area contributed by atoms with Crippen LogP contribution >= 0.6 is 15.9 Å². The van der Waals surface area contributed by atoms with E-state index in [-0.39, 0.29) is 6.04 Å². The number of benzene rings is 1. The van der Waals surface area contributed by atoms with Gasteiger partial charge < -0.3 is 10.3 Å². The van der Waals surface area contributed by atoms with Crippen LogP contribution in [0.1, 0.15) is 30.2 Å². The fourth-order valence-corrected chi connectivity index (χ4v) is 1.62. The van der Waals surface area contributed by atoms with Gasteiger partial charge in [0.1, 0.15) is 0 Å². The van der Waals surface area contributed by atoms with Crippen LogP contribution in [0.15, 0.2) is 33.3 Å². The molecule has 5 heteroatoms. The number of rotatable bonds is 3. The molecule has 0 amide bonds. The van der Waals surface area contributed by atoms with Gasteiger partial charge in [-0.1, -0.05) is 40.1 Å². The summed E-state index contributed by atoms with van der Waals surface area (Å²) in [7, 11) is 0. The van der Waals surface area contributed by atoms with E-state index < -0.39 is 0 Å². The van der Waals surface area contributed by atoms with E-state index in [1.54, 1.807) is 0 Å². The predicted octanol–water partition coefficient (Wildman–Crippen LogP) is 2.44. The van der Waals surface area contributed by atoms with Crippen LogP contribution < -0.4 is 5.73 Å². The topological polar surface area (TPSA) is 64.9 Å². The summed E-state index contributed by atoms with van der Waals surface area (Å²) in [6.07, 6.45) is 0.722. The number of aryl methyl sites for hydroxylation is 1. The summed E-state index contributed by atoms with van der Waals surface area (Å²) < 4.78 is 6.05. The van der Waals surface area contributed by atoms with Crippen molar-refractivity contribution in [3.05, 3.63) is 46.0 Å². The second kappa shape index (κ2) is 4.76. The van der Waals surface area contributed by atoms with Gasteiger partial charge in [0.15, 0.2) is 5.82 Å². The van der Waals surface area contributed by atoms with Gasteiger partial charge in [0.25, 0.3) is 0 Å². The molecular weight excluding hydrogens is 270 g/mol. The number of nitrogens with zero attached hydrogens (tertiary/aromatic N) is 2. The van der Waals surface area contributed by atoms with Crippen LogP contribution in [0.5, 0.6) is 0 Å². The number of halogens is 1. The molecule has 1 aromatic heterocycles. The summed E-state index contributed by atoms with van der Waals surface area (Å²) >= 11 is 3.38. The summed E-state index contributed by atoms with van der Waals surface area (Å²) in [6.45, 7) is 1.96. The molecule has 0 bridgehead atoms. The van der Waals surface area contributed by atoms with E-state index in [1.807, 2.05) is 31.2 Å². The summed E-state index contributed by atoms with van der Waals surface area (Å²) in [6, 6.07) is 7.43. The van der Waals surface area contributed by atoms with Crippen molar-refractivity contribution in [2.45, 2.75) is 19.4 Å². The first-order chi connectivity index (χ1) is 7.70. The third kappa shape index (κ3) is 2.31. The predicted molar refractivity (Wildman–Crippen MR) is 63.8 cm³/mol. The molecule has 16 heavy (non-hydrogen) atoms. The third-order valence-electron chi connectivity index (χ3n) is 2.29. The Labute approximate surface area is 102 Å². The van der Waals surface area contributed by atoms with E-state index in [1.165, 1.54) is 0 Å². The highest BCUT2D eigenvalue weighted by atomic mass is 79.9. The van der Waals surface area contributed by atoms with Crippen molar-refractivity contribution in [3.8, 4) is 0 Å². The van der Waals surface area contributed by atoms with Crippen LogP contribution in [0.4, 0.5) is 0 Å². The van der Waals surface area contributed by atoms with Crippen molar-refractivity contribution in [1.29, 1.82) is 0 Å². The summed E-state index contributed by atoms with van der Waals surface area (Å²) in [5.74, 6) is 1.14. The molecule has 0 aliphatic rings. The average molecular weight is 282 g/mol. The van der Waals surface area contributed by atoms with Gasteiger partial charge in [-0.25, -0.2) is 0 Å². The van der Waals surface area contributed by atoms with E-state index in [0.717, 1.165) is 16.5 Å². The molecule has 1 unspecified atom stereocenters. The molecule has 2 rings (SSSR count). The van der Waals surface area contributed by atoms with Gasteiger partial charge in [-0.3, -0.25) is 0 Å². The quantitative estimate of drug-likeness (QED) is 0.939. The molecule has 0 saturated carbocycles. The Balaban J connectivity index is 2.24. The zero-order chi connectivity index (χ0) is 11.5. The summed E-state index contributed by atoms with van der Waals surface area (Å²) in [5.41, 5.74) is 7.00. The Morgan fingerprint density at radius 2 is 2.06 bits per heavy atom. The van der Waals surface area contributed by atoms with Gasteiger partial charge in [0, 0.05) is 10.9 Å². The molecule has 2 N–H and O–H groups in total. The second-order valence-corrected chi connectivity index (χ2v) is 4.34. The van der Waals surface area contributed by atoms with E-state index >= 15 is 0 Å². The maximum absolute atomic E-state index is 6.03. The van der Waals surface area contributed by atoms with Crippen LogP contribution in [0.25, 0.3) is 0 Å². The van der Waals surface area contributed by atoms with Crippen LogP contribution in [-0.4, -0.2) is 10.1 Å². The van der Waals surface area contributed by atoms with Crippen molar-refractivity contribution in [3.63, 3.8) is 0 Å². The number of aromatic nitrogens is 2. The van der Waals surface area contributed by atoms with Crippen LogP contribution in [0, 0.1) is 0 Å². The minimum Gasteiger partial charge on any atom is -0.339 e. The molecule has 0 radical (unpaired) electrons. The van der Waals surface area contributed by atoms with E-state index in [9.17, 15) is 0 Å². The zero-order valence-electron chi connectivity index (χ0n) is 8.85. The summed E-state index contributed by atoms with van der Waals surface area (Å²) in [4.78, 5) is 4.21. The van der Waals surface area contributed by atoms with Gasteiger partial charge in [-0.15, -0.1) is 0 Å². The molecular formula is C11H12BrN3O. The van der Waals surface area contributed by atoms with Crippen molar-refractivity contribution in [2.75, 3.05) is 0 Å². The normalized spacial score (nSPS) is 12.7. The van der Waals surface area contributed by atoms with Gasteiger partial charge in [0.05, 0.1) is 6.04 Å². The Bertz CT molecular complexity index is 466. The van der Waals surface area contributed by atoms with Crippen LogP contribution in [0.3, 0.4) is 0 Å². The van der Waals surface area contributed by atoms with E-state index in [4.69, 9.17) is 10.3 Å². The lowest BCUT2D eigenvalue weighted by molar-refractivity contribution is 0.375. The van der Waals surface area contributed by atoms with Gasteiger partial charge in [0.2, 0.25) is 5.89 Å². The standard InChI is InChI=1S/C11H12BrN3O/c1-2-9-14-11(15-16-9)10(13)7-3-5-8(12)6-4-7/h3-6,10H,2,13H2,1H3. The monoisotopic (exact) mass is 281 g/mol. The lowest BCUT2D eigenvalue weighted by Crippen LogP contribution is -2.13. The average Bonchev–Trinajstić information content (AvgIpc) is 2.77. The first-order valence-corrected chi connectivity index (χ1v) is 5.83. The molecule has 84 valence electrons. The molecule has 0 spiro atoms. The maximum atomic E-state index is 6.03. The highest BCUT2D eigenvalue weighted by Crippen LogP contribution is 2.19. The Hall–Kier alpha value is -1.20. The third-order valence-corrected chi connectivity index (χ3v) is 2.82. The van der Waals surface area contributed by atoms with Crippen molar-refractivity contribution in [1.82, 2.24) is 10.1 Å². The fourth-order valence-electron chi connectivity index (χ4n) is 1.36. The SMILES string of the molecule is CCc1nc(C(N)c2ccc(Br)cc2)no1. The van der Waals surface area contributed by atoms with Crippen LogP contribution in [-0.2, 0) is 6.42 Å². The van der Waals surface area contributed by atoms with Gasteiger partial charge >= 0.3 is 0 Å². The zero-order valence-corrected chi connectivity index (χ0v) is 10.4. The maximum Gasteiger partial charge on any atom is 0.226 e. The number of hydrogen-bond acceptors (Lipinski definition) is 4. The first kappa shape index (κ1) is 11.3. The Kier molecular flexibility index (Phi) is 3.36. The Morgan fingerprint density at radius 3 is 2.62 bits per heavy atom. The molecule has 4 nitrogen and oxygen atoms in total. The molecule has 0 saturated heterocycles. The van der Waals surface area contributed by atoms with Crippen molar-refractivity contribution >= 4 is 15.9 Å². The fraction of sp³-hybridized carbons (Fsp3) is 0.273. The summed E-state index contributed by atoms with van der Waals surface area (Å²) in [5, 5.41) is 3.86. The molecule has 0 aliphatic heterocycles.